The molecule has 0 aromatic heterocycles. The predicted molar refractivity (Wildman–Crippen MR) is 61.3 cm³/mol. The largest absolute Gasteiger partial charge is 0.356 e. The van der Waals surface area contributed by atoms with Gasteiger partial charge in [0.25, 0.3) is 0 Å². The third kappa shape index (κ3) is 4.62. The molecule has 0 bridgehead atoms. The first kappa shape index (κ1) is 12.5. The number of nitrogens with two attached hydrogens (primary N) is 2. The van der Waals surface area contributed by atoms with Gasteiger partial charge in [-0.2, -0.15) is 0 Å². The quantitative estimate of drug-likeness (QED) is 0.582. The van der Waals surface area contributed by atoms with E-state index in [0.29, 0.717) is 19.5 Å². The first-order valence-corrected chi connectivity index (χ1v) is 5.92. The Morgan fingerprint density at radius 2 is 1.93 bits per heavy atom. The zero-order chi connectivity index (χ0) is 11.1. The minimum atomic E-state index is -0.245. The molecule has 4 nitrogen and oxygen atoms in total. The Morgan fingerprint density at radius 3 is 2.53 bits per heavy atom. The molecule has 88 valence electrons. The van der Waals surface area contributed by atoms with Gasteiger partial charge in [-0.25, -0.2) is 0 Å². The third-order valence-electron chi connectivity index (χ3n) is 3.07. The van der Waals surface area contributed by atoms with E-state index in [2.05, 4.69) is 5.32 Å². The van der Waals surface area contributed by atoms with Crippen LogP contribution in [0.25, 0.3) is 0 Å². The molecule has 0 spiro atoms. The number of nitrogens with one attached hydrogen (secondary N) is 1. The number of rotatable bonds is 5. The van der Waals surface area contributed by atoms with Gasteiger partial charge in [0.05, 0.1) is 0 Å². The molecule has 4 heteroatoms. The van der Waals surface area contributed by atoms with Crippen molar-refractivity contribution in [1.29, 1.82) is 0 Å². The van der Waals surface area contributed by atoms with E-state index in [1.54, 1.807) is 0 Å². The molecule has 0 aliphatic heterocycles. The first-order valence-electron chi connectivity index (χ1n) is 5.92. The van der Waals surface area contributed by atoms with Crippen molar-refractivity contribution >= 4 is 5.91 Å². The zero-order valence-electron chi connectivity index (χ0n) is 9.43. The van der Waals surface area contributed by atoms with Crippen molar-refractivity contribution in [3.05, 3.63) is 0 Å². The summed E-state index contributed by atoms with van der Waals surface area (Å²) in [6.45, 7) is 1.29. The van der Waals surface area contributed by atoms with Crippen LogP contribution in [-0.4, -0.2) is 24.5 Å². The molecule has 0 atom stereocenters. The lowest BCUT2D eigenvalue weighted by Gasteiger charge is -2.32. The number of hydrogen-bond donors (Lipinski definition) is 3. The number of hydrogen-bond acceptors (Lipinski definition) is 3. The lowest BCUT2D eigenvalue weighted by Crippen LogP contribution is -2.46. The van der Waals surface area contributed by atoms with Crippen LogP contribution in [-0.2, 0) is 4.79 Å². The summed E-state index contributed by atoms with van der Waals surface area (Å²) in [5, 5.41) is 2.86. The van der Waals surface area contributed by atoms with Crippen LogP contribution in [0, 0.1) is 0 Å². The minimum absolute atomic E-state index is 0.0767. The third-order valence-corrected chi connectivity index (χ3v) is 3.07. The van der Waals surface area contributed by atoms with Crippen LogP contribution in [0.15, 0.2) is 0 Å². The van der Waals surface area contributed by atoms with Crippen LogP contribution in [0.3, 0.4) is 0 Å². The highest BCUT2D eigenvalue weighted by molar-refractivity contribution is 5.77. The van der Waals surface area contributed by atoms with E-state index < -0.39 is 0 Å². The molecule has 1 rings (SSSR count). The monoisotopic (exact) mass is 213 g/mol. The molecule has 1 amide bonds. The van der Waals surface area contributed by atoms with Gasteiger partial charge >= 0.3 is 0 Å². The Hall–Kier alpha value is -0.610. The maximum atomic E-state index is 11.6. The summed E-state index contributed by atoms with van der Waals surface area (Å²) in [4.78, 5) is 11.6. The van der Waals surface area contributed by atoms with Gasteiger partial charge < -0.3 is 16.8 Å². The van der Waals surface area contributed by atoms with Crippen molar-refractivity contribution in [3.8, 4) is 0 Å². The molecular weight excluding hydrogens is 190 g/mol. The zero-order valence-corrected chi connectivity index (χ0v) is 9.43. The van der Waals surface area contributed by atoms with Crippen molar-refractivity contribution in [2.45, 2.75) is 50.5 Å². The summed E-state index contributed by atoms with van der Waals surface area (Å²) in [7, 11) is 0. The molecule has 5 N–H and O–H groups in total. The van der Waals surface area contributed by atoms with Crippen LogP contribution >= 0.6 is 0 Å². The van der Waals surface area contributed by atoms with Gasteiger partial charge in [0, 0.05) is 18.5 Å². The van der Waals surface area contributed by atoms with Crippen molar-refractivity contribution in [1.82, 2.24) is 5.32 Å². The molecule has 0 heterocycles. The molecule has 1 fully saturated rings. The van der Waals surface area contributed by atoms with E-state index in [1.807, 2.05) is 0 Å². The Kier molecular flexibility index (Phi) is 5.05. The highest BCUT2D eigenvalue weighted by Gasteiger charge is 2.29. The van der Waals surface area contributed by atoms with Gasteiger partial charge in [0.2, 0.25) is 5.91 Å². The summed E-state index contributed by atoms with van der Waals surface area (Å²) in [6, 6.07) is 0. The number of amides is 1. The average Bonchev–Trinajstić information content (AvgIpc) is 2.18. The van der Waals surface area contributed by atoms with E-state index in [-0.39, 0.29) is 11.4 Å². The standard InChI is InChI=1S/C11H23N3O/c12-7-4-8-14-10(15)9-11(13)5-2-1-3-6-11/h1-9,12-13H2,(H,14,15). The van der Waals surface area contributed by atoms with E-state index in [9.17, 15) is 4.79 Å². The molecule has 0 saturated heterocycles. The van der Waals surface area contributed by atoms with Crippen LogP contribution in [0.4, 0.5) is 0 Å². The lowest BCUT2D eigenvalue weighted by molar-refractivity contribution is -0.122. The minimum Gasteiger partial charge on any atom is -0.356 e. The van der Waals surface area contributed by atoms with Gasteiger partial charge in [0.15, 0.2) is 0 Å². The SMILES string of the molecule is NCCCNC(=O)CC1(N)CCCCC1. The first-order chi connectivity index (χ1) is 7.16. The number of carbonyl (C=O) groups excluding carboxylic acids is 1. The maximum absolute atomic E-state index is 11.6. The van der Waals surface area contributed by atoms with E-state index in [0.717, 1.165) is 32.1 Å². The van der Waals surface area contributed by atoms with Crippen molar-refractivity contribution in [2.75, 3.05) is 13.1 Å². The molecule has 1 saturated carbocycles. The van der Waals surface area contributed by atoms with Gasteiger partial charge in [-0.15, -0.1) is 0 Å². The molecular formula is C11H23N3O. The smallest absolute Gasteiger partial charge is 0.221 e. The van der Waals surface area contributed by atoms with E-state index in [1.165, 1.54) is 6.42 Å². The fraction of sp³-hybridized carbons (Fsp3) is 0.909. The van der Waals surface area contributed by atoms with Crippen LogP contribution < -0.4 is 16.8 Å². The summed E-state index contributed by atoms with van der Waals surface area (Å²) < 4.78 is 0. The Bertz CT molecular complexity index is 200. The molecule has 15 heavy (non-hydrogen) atoms. The normalized spacial score (nSPS) is 19.9. The molecule has 0 radical (unpaired) electrons. The second-order valence-electron chi connectivity index (χ2n) is 4.59. The van der Waals surface area contributed by atoms with Gasteiger partial charge in [0.1, 0.15) is 0 Å². The van der Waals surface area contributed by atoms with E-state index >= 15 is 0 Å². The van der Waals surface area contributed by atoms with E-state index in [4.69, 9.17) is 11.5 Å². The molecule has 0 unspecified atom stereocenters. The highest BCUT2D eigenvalue weighted by Crippen LogP contribution is 2.28. The van der Waals surface area contributed by atoms with Crippen molar-refractivity contribution < 1.29 is 4.79 Å². The molecule has 1 aliphatic rings. The fourth-order valence-corrected chi connectivity index (χ4v) is 2.14. The Labute approximate surface area is 91.8 Å². The van der Waals surface area contributed by atoms with Gasteiger partial charge in [-0.3, -0.25) is 4.79 Å². The topological polar surface area (TPSA) is 81.1 Å². The second-order valence-corrected chi connectivity index (χ2v) is 4.59. The Morgan fingerprint density at radius 1 is 1.27 bits per heavy atom. The van der Waals surface area contributed by atoms with Crippen LogP contribution in [0.5, 0.6) is 0 Å². The summed E-state index contributed by atoms with van der Waals surface area (Å²) in [5.74, 6) is 0.0767. The van der Waals surface area contributed by atoms with Crippen LogP contribution in [0.1, 0.15) is 44.9 Å². The number of carbonyl (C=O) groups is 1. The Balaban J connectivity index is 2.23. The van der Waals surface area contributed by atoms with Gasteiger partial charge in [-0.05, 0) is 25.8 Å². The average molecular weight is 213 g/mol. The summed E-state index contributed by atoms with van der Waals surface area (Å²) in [6.07, 6.45) is 6.85. The fourth-order valence-electron chi connectivity index (χ4n) is 2.14. The van der Waals surface area contributed by atoms with Crippen molar-refractivity contribution in [2.24, 2.45) is 11.5 Å². The predicted octanol–water partition coefficient (Wildman–Crippen LogP) is 0.503. The molecule has 0 aromatic carbocycles. The van der Waals surface area contributed by atoms with Crippen molar-refractivity contribution in [3.63, 3.8) is 0 Å². The summed E-state index contributed by atoms with van der Waals surface area (Å²) >= 11 is 0. The maximum Gasteiger partial charge on any atom is 0.221 e. The van der Waals surface area contributed by atoms with Gasteiger partial charge in [-0.1, -0.05) is 19.3 Å². The highest BCUT2D eigenvalue weighted by atomic mass is 16.1. The molecule has 0 aromatic rings. The lowest BCUT2D eigenvalue weighted by atomic mass is 9.80. The van der Waals surface area contributed by atoms with Crippen LogP contribution in [0.2, 0.25) is 0 Å². The molecule has 1 aliphatic carbocycles. The summed E-state index contributed by atoms with van der Waals surface area (Å²) in [5.41, 5.74) is 11.3. The second kappa shape index (κ2) is 6.08.